The summed E-state index contributed by atoms with van der Waals surface area (Å²) < 4.78 is 0. The smallest absolute Gasteiger partial charge is 1.00 e. The van der Waals surface area contributed by atoms with E-state index in [9.17, 15) is 0 Å². The summed E-state index contributed by atoms with van der Waals surface area (Å²) in [5, 5.41) is 16.9. The van der Waals surface area contributed by atoms with Gasteiger partial charge in [-0.3, -0.25) is 4.90 Å². The molecule has 0 radical (unpaired) electrons. The summed E-state index contributed by atoms with van der Waals surface area (Å²) in [6, 6.07) is 0. The molecule has 0 spiro atoms. The Hall–Kier alpha value is 0.880. The maximum absolute atomic E-state index is 8.47. The molecule has 0 unspecified atom stereocenters. The first-order chi connectivity index (χ1) is 4.35. The molecule has 0 rings (SSSR count). The number of likely N-dealkylation sites (N-methyl/N-ethyl adjacent to an activating group) is 1. The first-order valence-electron chi connectivity index (χ1n) is 3.29. The minimum Gasteiger partial charge on any atom is -1.00 e. The molecule has 0 aliphatic rings. The third kappa shape index (κ3) is 6.99. The molecular weight excluding hydrogens is 141 g/mol. The van der Waals surface area contributed by atoms with Gasteiger partial charge < -0.3 is 11.6 Å². The molecule has 2 N–H and O–H groups in total. The van der Waals surface area contributed by atoms with Crippen molar-refractivity contribution in [2.45, 2.75) is 6.92 Å². The Morgan fingerprint density at radius 2 is 1.60 bits per heavy atom. The van der Waals surface area contributed by atoms with E-state index in [1.54, 1.807) is 0 Å². The van der Waals surface area contributed by atoms with Gasteiger partial charge >= 0.3 is 29.6 Å². The first kappa shape index (κ1) is 13.5. The monoisotopic (exact) mass is 157 g/mol. The van der Waals surface area contributed by atoms with Gasteiger partial charge in [0.2, 0.25) is 0 Å². The van der Waals surface area contributed by atoms with Gasteiger partial charge in [-0.15, -0.1) is 0 Å². The molecule has 0 atom stereocenters. The Kier molecular flexibility index (Phi) is 13.3. The van der Waals surface area contributed by atoms with E-state index >= 15 is 0 Å². The van der Waals surface area contributed by atoms with E-state index in [1.165, 1.54) is 0 Å². The summed E-state index contributed by atoms with van der Waals surface area (Å²) in [7, 11) is 0. The summed E-state index contributed by atoms with van der Waals surface area (Å²) in [5.41, 5.74) is 0. The summed E-state index contributed by atoms with van der Waals surface area (Å²) in [4.78, 5) is 1.99. The molecule has 0 aromatic carbocycles. The van der Waals surface area contributed by atoms with Gasteiger partial charge in [0.1, 0.15) is 0 Å². The first-order valence-corrected chi connectivity index (χ1v) is 3.29. The SMILES string of the molecule is CCN(CCO)CCO.[H-].[Na+]. The van der Waals surface area contributed by atoms with Crippen molar-refractivity contribution in [2.24, 2.45) is 0 Å². The van der Waals surface area contributed by atoms with Crippen LogP contribution in [0.2, 0.25) is 0 Å². The van der Waals surface area contributed by atoms with E-state index in [0.717, 1.165) is 6.54 Å². The fraction of sp³-hybridized carbons (Fsp3) is 1.00. The Labute approximate surface area is 85.8 Å². The maximum Gasteiger partial charge on any atom is 1.00 e. The summed E-state index contributed by atoms with van der Waals surface area (Å²) >= 11 is 0. The third-order valence-electron chi connectivity index (χ3n) is 1.28. The minimum atomic E-state index is 0. The number of nitrogens with zero attached hydrogens (tertiary/aromatic N) is 1. The van der Waals surface area contributed by atoms with Gasteiger partial charge in [-0.1, -0.05) is 6.92 Å². The van der Waals surface area contributed by atoms with Crippen molar-refractivity contribution in [1.29, 1.82) is 0 Å². The number of aliphatic hydroxyl groups is 2. The van der Waals surface area contributed by atoms with Crippen molar-refractivity contribution in [1.82, 2.24) is 4.90 Å². The second-order valence-corrected chi connectivity index (χ2v) is 1.88. The Morgan fingerprint density at radius 1 is 1.20 bits per heavy atom. The van der Waals surface area contributed by atoms with Gasteiger partial charge in [-0.05, 0) is 6.54 Å². The number of hydrogen-bond acceptors (Lipinski definition) is 3. The van der Waals surface area contributed by atoms with E-state index in [2.05, 4.69) is 0 Å². The zero-order valence-corrected chi connectivity index (χ0v) is 8.88. The molecule has 0 aromatic rings. The van der Waals surface area contributed by atoms with Crippen LogP contribution in [0.25, 0.3) is 0 Å². The zero-order valence-electron chi connectivity index (χ0n) is 7.88. The molecule has 0 bridgehead atoms. The third-order valence-corrected chi connectivity index (χ3v) is 1.28. The normalized spacial score (nSPS) is 9.60. The molecule has 10 heavy (non-hydrogen) atoms. The maximum atomic E-state index is 8.47. The van der Waals surface area contributed by atoms with Crippen molar-refractivity contribution in [3.63, 3.8) is 0 Å². The van der Waals surface area contributed by atoms with E-state index in [4.69, 9.17) is 10.2 Å². The van der Waals surface area contributed by atoms with E-state index in [1.807, 2.05) is 11.8 Å². The van der Waals surface area contributed by atoms with Gasteiger partial charge in [0.05, 0.1) is 13.2 Å². The van der Waals surface area contributed by atoms with Crippen LogP contribution in [0.15, 0.2) is 0 Å². The Bertz CT molecular complexity index is 62.5. The van der Waals surface area contributed by atoms with Crippen LogP contribution in [0.4, 0.5) is 0 Å². The molecule has 58 valence electrons. The largest absolute Gasteiger partial charge is 1.00 e. The number of hydrogen-bond donors (Lipinski definition) is 2. The molecule has 0 saturated carbocycles. The van der Waals surface area contributed by atoms with Crippen LogP contribution < -0.4 is 29.6 Å². The topological polar surface area (TPSA) is 43.7 Å². The molecule has 4 heteroatoms. The van der Waals surface area contributed by atoms with Gasteiger partial charge in [0.25, 0.3) is 0 Å². The van der Waals surface area contributed by atoms with Crippen molar-refractivity contribution < 1.29 is 41.2 Å². The van der Waals surface area contributed by atoms with Crippen LogP contribution in [-0.4, -0.2) is 48.0 Å². The molecule has 0 aromatic heterocycles. The van der Waals surface area contributed by atoms with Gasteiger partial charge in [0, 0.05) is 13.1 Å². The van der Waals surface area contributed by atoms with Crippen LogP contribution in [-0.2, 0) is 0 Å². The van der Waals surface area contributed by atoms with E-state index in [-0.39, 0.29) is 44.2 Å². The number of aliphatic hydroxyl groups excluding tert-OH is 2. The quantitative estimate of drug-likeness (QED) is 0.405. The van der Waals surface area contributed by atoms with Crippen LogP contribution in [0, 0.1) is 0 Å². The molecule has 0 aliphatic heterocycles. The predicted octanol–water partition coefficient (Wildman–Crippen LogP) is -3.59. The van der Waals surface area contributed by atoms with Gasteiger partial charge in [-0.2, -0.15) is 0 Å². The van der Waals surface area contributed by atoms with Gasteiger partial charge in [-0.25, -0.2) is 0 Å². The van der Waals surface area contributed by atoms with Crippen molar-refractivity contribution in [3.8, 4) is 0 Å². The molecule has 0 heterocycles. The zero-order chi connectivity index (χ0) is 7.11. The van der Waals surface area contributed by atoms with Gasteiger partial charge in [0.15, 0.2) is 0 Å². The van der Waals surface area contributed by atoms with Crippen molar-refractivity contribution in [2.75, 3.05) is 32.8 Å². The summed E-state index contributed by atoms with van der Waals surface area (Å²) in [5.74, 6) is 0. The Morgan fingerprint density at radius 3 is 1.80 bits per heavy atom. The molecule has 0 saturated heterocycles. The fourth-order valence-electron chi connectivity index (χ4n) is 0.711. The summed E-state index contributed by atoms with van der Waals surface area (Å²) in [6.45, 7) is 4.57. The van der Waals surface area contributed by atoms with Crippen LogP contribution >= 0.6 is 0 Å². The van der Waals surface area contributed by atoms with E-state index in [0.29, 0.717) is 13.1 Å². The standard InChI is InChI=1S/C6H15NO2.Na.H/c1-2-7(3-5-8)4-6-9;;/h8-9H,2-6H2,1H3;;/q;+1;-1. The van der Waals surface area contributed by atoms with Crippen LogP contribution in [0.3, 0.4) is 0 Å². The van der Waals surface area contributed by atoms with Crippen molar-refractivity contribution >= 4 is 0 Å². The molecule has 0 aliphatic carbocycles. The average molecular weight is 157 g/mol. The molecule has 0 amide bonds. The van der Waals surface area contributed by atoms with Crippen molar-refractivity contribution in [3.05, 3.63) is 0 Å². The second-order valence-electron chi connectivity index (χ2n) is 1.88. The molecule has 0 fully saturated rings. The molecular formula is C6H16NNaO2. The summed E-state index contributed by atoms with van der Waals surface area (Å²) in [6.07, 6.45) is 0. The van der Waals surface area contributed by atoms with E-state index < -0.39 is 0 Å². The number of rotatable bonds is 5. The fourth-order valence-corrected chi connectivity index (χ4v) is 0.711. The predicted molar refractivity (Wildman–Crippen MR) is 37.4 cm³/mol. The average Bonchev–Trinajstić information content (AvgIpc) is 1.88. The molecule has 3 nitrogen and oxygen atoms in total. The minimum absolute atomic E-state index is 0. The Balaban J connectivity index is -0.000000320. The van der Waals surface area contributed by atoms with Crippen LogP contribution in [0.1, 0.15) is 8.35 Å². The second kappa shape index (κ2) is 9.88. The van der Waals surface area contributed by atoms with Crippen LogP contribution in [0.5, 0.6) is 0 Å².